The van der Waals surface area contributed by atoms with E-state index in [-0.39, 0.29) is 5.82 Å². The number of aromatic nitrogens is 2. The van der Waals surface area contributed by atoms with E-state index in [9.17, 15) is 9.65 Å². The Kier molecular flexibility index (Phi) is 8.17. The summed E-state index contributed by atoms with van der Waals surface area (Å²) in [4.78, 5) is 9.18. The summed E-state index contributed by atoms with van der Waals surface area (Å²) in [5, 5.41) is 14.6. The minimum atomic E-state index is -0.315. The third-order valence-corrected chi connectivity index (χ3v) is 5.42. The lowest BCUT2D eigenvalue weighted by Crippen LogP contribution is -2.04. The molecule has 0 aliphatic heterocycles. The van der Waals surface area contributed by atoms with Crippen molar-refractivity contribution in [2.75, 3.05) is 18.3 Å². The van der Waals surface area contributed by atoms with E-state index < -0.39 is 0 Å². The fourth-order valence-electron chi connectivity index (χ4n) is 2.75. The number of nitriles is 1. The molecule has 1 heterocycles. The van der Waals surface area contributed by atoms with Crippen molar-refractivity contribution >= 4 is 23.8 Å². The van der Waals surface area contributed by atoms with Gasteiger partial charge in [0.2, 0.25) is 0 Å². The molecule has 1 N–H and O–H groups in total. The van der Waals surface area contributed by atoms with Gasteiger partial charge in [0.15, 0.2) is 11.0 Å². The van der Waals surface area contributed by atoms with E-state index >= 15 is 0 Å². The number of nitrogens with zero attached hydrogens (tertiary/aromatic N) is 4. The van der Waals surface area contributed by atoms with E-state index in [1.165, 1.54) is 12.1 Å². The van der Waals surface area contributed by atoms with Gasteiger partial charge in [-0.3, -0.25) is 5.43 Å². The van der Waals surface area contributed by atoms with Gasteiger partial charge >= 0.3 is 0 Å². The highest BCUT2D eigenvalue weighted by atomic mass is 32.2. The molecule has 0 spiro atoms. The molecule has 1 aromatic heterocycles. The highest BCUT2D eigenvalue weighted by Crippen LogP contribution is 2.30. The maximum atomic E-state index is 13.1. The number of hydrogen-bond acceptors (Lipinski definition) is 7. The van der Waals surface area contributed by atoms with Crippen LogP contribution in [0.1, 0.15) is 31.4 Å². The molecule has 32 heavy (non-hydrogen) atoms. The van der Waals surface area contributed by atoms with E-state index in [2.05, 4.69) is 40.4 Å². The van der Waals surface area contributed by atoms with Gasteiger partial charge in [-0.1, -0.05) is 37.7 Å². The molecule has 6 nitrogen and oxygen atoms in total. The van der Waals surface area contributed by atoms with Gasteiger partial charge in [-0.15, -0.1) is 0 Å². The topological polar surface area (TPSA) is 83.2 Å². The highest BCUT2D eigenvalue weighted by Gasteiger charge is 2.16. The molecule has 0 bridgehead atoms. The largest absolute Gasteiger partial charge is 0.497 e. The van der Waals surface area contributed by atoms with E-state index in [0.717, 1.165) is 23.5 Å². The van der Waals surface area contributed by atoms with Crippen molar-refractivity contribution in [1.29, 1.82) is 5.26 Å². The molecule has 0 fully saturated rings. The Bertz CT molecular complexity index is 1110. The molecular weight excluding hydrogens is 425 g/mol. The van der Waals surface area contributed by atoms with Crippen LogP contribution in [0.5, 0.6) is 5.75 Å². The monoisotopic (exact) mass is 449 g/mol. The van der Waals surface area contributed by atoms with Gasteiger partial charge in [-0.05, 0) is 54.3 Å². The summed E-state index contributed by atoms with van der Waals surface area (Å²) in [6.07, 6.45) is 2.57. The minimum Gasteiger partial charge on any atom is -0.497 e. The number of anilines is 1. The van der Waals surface area contributed by atoms with Crippen molar-refractivity contribution in [2.24, 2.45) is 11.0 Å². The molecule has 3 rings (SSSR count). The average Bonchev–Trinajstić information content (AvgIpc) is 2.80. The Morgan fingerprint density at radius 1 is 1.16 bits per heavy atom. The van der Waals surface area contributed by atoms with Gasteiger partial charge in [0.05, 0.1) is 19.0 Å². The molecule has 0 unspecified atom stereocenters. The molecule has 0 atom stereocenters. The van der Waals surface area contributed by atoms with Crippen LogP contribution in [0.3, 0.4) is 0 Å². The minimum absolute atomic E-state index is 0.291. The SMILES string of the molecule is COc1ccc(-c2nc(SCCC(C)C)nc(N/N=C\c3ccc(F)cc3)c2C#N)cc1. The molecule has 3 aromatic rings. The van der Waals surface area contributed by atoms with Gasteiger partial charge in [-0.25, -0.2) is 14.4 Å². The van der Waals surface area contributed by atoms with Crippen molar-refractivity contribution in [1.82, 2.24) is 9.97 Å². The number of ether oxygens (including phenoxy) is 1. The van der Waals surface area contributed by atoms with Crippen LogP contribution < -0.4 is 10.2 Å². The molecule has 2 aromatic carbocycles. The number of halogens is 1. The molecule has 0 amide bonds. The van der Waals surface area contributed by atoms with Crippen LogP contribution in [0.2, 0.25) is 0 Å². The molecule has 0 saturated heterocycles. The lowest BCUT2D eigenvalue weighted by molar-refractivity contribution is 0.415. The normalized spacial score (nSPS) is 11.0. The quantitative estimate of drug-likeness (QED) is 0.194. The number of benzene rings is 2. The van der Waals surface area contributed by atoms with Crippen molar-refractivity contribution in [3.63, 3.8) is 0 Å². The molecule has 0 aliphatic carbocycles. The summed E-state index contributed by atoms with van der Waals surface area (Å²) in [5.41, 5.74) is 5.17. The Hall–Kier alpha value is -3.44. The van der Waals surface area contributed by atoms with Gasteiger partial charge in [-0.2, -0.15) is 10.4 Å². The van der Waals surface area contributed by atoms with Crippen LogP contribution in [-0.4, -0.2) is 29.0 Å². The number of hydrogen-bond donors (Lipinski definition) is 1. The summed E-state index contributed by atoms with van der Waals surface area (Å²) in [6, 6.07) is 15.5. The second-order valence-corrected chi connectivity index (χ2v) is 8.43. The van der Waals surface area contributed by atoms with Gasteiger partial charge in [0.25, 0.3) is 0 Å². The number of hydrazone groups is 1. The number of nitrogens with one attached hydrogen (secondary N) is 1. The van der Waals surface area contributed by atoms with Crippen molar-refractivity contribution in [3.05, 3.63) is 65.5 Å². The third-order valence-electron chi connectivity index (χ3n) is 4.54. The molecule has 0 saturated carbocycles. The van der Waals surface area contributed by atoms with Gasteiger partial charge < -0.3 is 4.74 Å². The van der Waals surface area contributed by atoms with E-state index in [0.29, 0.717) is 33.7 Å². The second kappa shape index (κ2) is 11.3. The van der Waals surface area contributed by atoms with Crippen LogP contribution >= 0.6 is 11.8 Å². The van der Waals surface area contributed by atoms with Gasteiger partial charge in [0, 0.05) is 11.3 Å². The van der Waals surface area contributed by atoms with Crippen molar-refractivity contribution in [3.8, 4) is 23.1 Å². The molecule has 0 radical (unpaired) electrons. The van der Waals surface area contributed by atoms with Gasteiger partial charge in [0.1, 0.15) is 23.2 Å². The molecule has 0 aliphatic rings. The summed E-state index contributed by atoms with van der Waals surface area (Å²) in [6.45, 7) is 4.33. The standard InChI is InChI=1S/C24H24FN5OS/c1-16(2)12-13-32-24-28-22(18-6-10-20(31-3)11-7-18)21(14-26)23(29-24)30-27-15-17-4-8-19(25)9-5-17/h4-11,15-16H,12-13H2,1-3H3,(H,28,29,30)/b27-15-. The predicted octanol–water partition coefficient (Wildman–Crippen LogP) is 5.75. The summed E-state index contributed by atoms with van der Waals surface area (Å²) >= 11 is 1.54. The first-order valence-electron chi connectivity index (χ1n) is 10.1. The smallest absolute Gasteiger partial charge is 0.190 e. The van der Waals surface area contributed by atoms with Crippen LogP contribution in [-0.2, 0) is 0 Å². The van der Waals surface area contributed by atoms with E-state index in [1.807, 2.05) is 24.3 Å². The van der Waals surface area contributed by atoms with E-state index in [1.54, 1.807) is 37.2 Å². The van der Waals surface area contributed by atoms with Crippen LogP contribution in [0.15, 0.2) is 58.8 Å². The zero-order chi connectivity index (χ0) is 22.9. The average molecular weight is 450 g/mol. The molecule has 8 heteroatoms. The predicted molar refractivity (Wildman–Crippen MR) is 127 cm³/mol. The first kappa shape index (κ1) is 23.2. The number of thioether (sulfide) groups is 1. The maximum Gasteiger partial charge on any atom is 0.190 e. The fraction of sp³-hybridized carbons (Fsp3) is 0.250. The zero-order valence-corrected chi connectivity index (χ0v) is 19.0. The second-order valence-electron chi connectivity index (χ2n) is 7.37. The van der Waals surface area contributed by atoms with Crippen LogP contribution in [0.25, 0.3) is 11.3 Å². The summed E-state index contributed by atoms with van der Waals surface area (Å²) in [5.74, 6) is 2.16. The Morgan fingerprint density at radius 2 is 1.88 bits per heavy atom. The first-order chi connectivity index (χ1) is 15.5. The summed E-state index contributed by atoms with van der Waals surface area (Å²) in [7, 11) is 1.60. The van der Waals surface area contributed by atoms with Crippen molar-refractivity contribution in [2.45, 2.75) is 25.4 Å². The molecule has 164 valence electrons. The fourth-order valence-corrected chi connectivity index (χ4v) is 3.84. The lowest BCUT2D eigenvalue weighted by Gasteiger charge is -2.11. The Morgan fingerprint density at radius 3 is 2.50 bits per heavy atom. The Labute approximate surface area is 191 Å². The highest BCUT2D eigenvalue weighted by molar-refractivity contribution is 7.99. The van der Waals surface area contributed by atoms with Crippen molar-refractivity contribution < 1.29 is 9.13 Å². The number of methoxy groups -OCH3 is 1. The first-order valence-corrected chi connectivity index (χ1v) is 11.1. The van der Waals surface area contributed by atoms with Crippen LogP contribution in [0, 0.1) is 23.1 Å². The maximum absolute atomic E-state index is 13.1. The molecular formula is C24H24FN5OS. The lowest BCUT2D eigenvalue weighted by atomic mass is 10.1. The third kappa shape index (κ3) is 6.28. The van der Waals surface area contributed by atoms with E-state index in [4.69, 9.17) is 4.74 Å². The van der Waals surface area contributed by atoms with Crippen LogP contribution in [0.4, 0.5) is 10.2 Å². The zero-order valence-electron chi connectivity index (χ0n) is 18.2. The summed E-state index contributed by atoms with van der Waals surface area (Å²) < 4.78 is 18.3. The number of rotatable bonds is 9. The Balaban J connectivity index is 1.95.